The molecule has 0 unspecified atom stereocenters. The normalized spacial score (nSPS) is 9.75. The average Bonchev–Trinajstić information content (AvgIpc) is 2.30. The number of aromatic nitrogens is 2. The monoisotopic (exact) mass is 215 g/mol. The molecule has 0 bridgehead atoms. The Bertz CT molecular complexity index is 500. The number of amides is 1. The summed E-state index contributed by atoms with van der Waals surface area (Å²) in [6.07, 6.45) is 0.582. The summed E-state index contributed by atoms with van der Waals surface area (Å²) in [6, 6.07) is 11.2. The van der Waals surface area contributed by atoms with E-state index in [1.165, 1.54) is 6.20 Å². The zero-order valence-electron chi connectivity index (χ0n) is 8.33. The summed E-state index contributed by atoms with van der Waals surface area (Å²) in [5.41, 5.74) is 6.46. The number of hydrogen-bond donors (Lipinski definition) is 1. The third-order valence-corrected chi connectivity index (χ3v) is 1.89. The van der Waals surface area contributed by atoms with Gasteiger partial charge in [-0.05, 0) is 6.07 Å². The second-order valence-corrected chi connectivity index (χ2v) is 3.01. The molecule has 1 heterocycles. The number of nitrogens with two attached hydrogens (primary N) is 1. The molecule has 16 heavy (non-hydrogen) atoms. The topological polar surface area (TPSA) is 78.1 Å². The second kappa shape index (κ2) is 4.39. The van der Waals surface area contributed by atoms with Crippen LogP contribution in [0.15, 0.2) is 42.6 Å². The molecule has 2 aromatic rings. The van der Waals surface area contributed by atoms with Gasteiger partial charge in [0.15, 0.2) is 0 Å². The minimum Gasteiger partial charge on any atom is -0.374 e. The first-order chi connectivity index (χ1) is 7.75. The van der Waals surface area contributed by atoms with Gasteiger partial charge in [0.05, 0.1) is 5.69 Å². The molecule has 5 nitrogen and oxygen atoms in total. The first kappa shape index (κ1) is 10.1. The molecular weight excluding hydrogens is 206 g/mol. The maximum atomic E-state index is 10.5. The summed E-state index contributed by atoms with van der Waals surface area (Å²) < 4.78 is 4.59. The standard InChI is InChI=1S/C11H9N3O2/c12-10(15)16-11-13-7-6-9(14-11)8-4-2-1-3-5-8/h1-7H,(H2,12,15). The minimum atomic E-state index is -0.926. The first-order valence-corrected chi connectivity index (χ1v) is 4.61. The lowest BCUT2D eigenvalue weighted by atomic mass is 10.1. The molecule has 0 aliphatic heterocycles. The summed E-state index contributed by atoms with van der Waals surface area (Å²) in [5.74, 6) is 0. The fourth-order valence-electron chi connectivity index (χ4n) is 1.25. The second-order valence-electron chi connectivity index (χ2n) is 3.01. The van der Waals surface area contributed by atoms with Crippen LogP contribution in [0.2, 0.25) is 0 Å². The average molecular weight is 215 g/mol. The van der Waals surface area contributed by atoms with Crippen molar-refractivity contribution >= 4 is 6.09 Å². The Morgan fingerprint density at radius 3 is 2.62 bits per heavy atom. The third-order valence-electron chi connectivity index (χ3n) is 1.89. The Hall–Kier alpha value is -2.43. The molecule has 80 valence electrons. The molecule has 2 N–H and O–H groups in total. The molecule has 1 amide bonds. The van der Waals surface area contributed by atoms with E-state index in [2.05, 4.69) is 14.7 Å². The summed E-state index contributed by atoms with van der Waals surface area (Å²) >= 11 is 0. The van der Waals surface area contributed by atoms with Crippen molar-refractivity contribution in [2.45, 2.75) is 0 Å². The summed E-state index contributed by atoms with van der Waals surface area (Å²) in [7, 11) is 0. The molecule has 1 aromatic heterocycles. The van der Waals surface area contributed by atoms with Crippen molar-refractivity contribution in [3.8, 4) is 17.3 Å². The predicted molar refractivity (Wildman–Crippen MR) is 57.7 cm³/mol. The molecule has 2 rings (SSSR count). The molecular formula is C11H9N3O2. The lowest BCUT2D eigenvalue weighted by molar-refractivity contribution is 0.207. The quantitative estimate of drug-likeness (QED) is 0.825. The SMILES string of the molecule is NC(=O)Oc1nccc(-c2ccccc2)n1. The Labute approximate surface area is 91.9 Å². The maximum Gasteiger partial charge on any atom is 0.412 e. The van der Waals surface area contributed by atoms with Crippen LogP contribution in [0.1, 0.15) is 0 Å². The Morgan fingerprint density at radius 2 is 1.94 bits per heavy atom. The molecule has 0 atom stereocenters. The number of carbonyl (C=O) groups is 1. The van der Waals surface area contributed by atoms with Crippen LogP contribution < -0.4 is 10.5 Å². The van der Waals surface area contributed by atoms with Crippen LogP contribution in [0.25, 0.3) is 11.3 Å². The number of ether oxygens (including phenoxy) is 1. The van der Waals surface area contributed by atoms with Crippen LogP contribution >= 0.6 is 0 Å². The zero-order valence-corrected chi connectivity index (χ0v) is 8.33. The van der Waals surface area contributed by atoms with E-state index in [0.717, 1.165) is 5.56 Å². The van der Waals surface area contributed by atoms with Crippen molar-refractivity contribution in [2.24, 2.45) is 5.73 Å². The van der Waals surface area contributed by atoms with Gasteiger partial charge in [-0.3, -0.25) is 0 Å². The molecule has 0 aliphatic rings. The highest BCUT2D eigenvalue weighted by Gasteiger charge is 2.04. The van der Waals surface area contributed by atoms with Gasteiger partial charge in [-0.2, -0.15) is 4.98 Å². The smallest absolute Gasteiger partial charge is 0.374 e. The molecule has 0 aliphatic carbocycles. The van der Waals surface area contributed by atoms with Gasteiger partial charge in [-0.25, -0.2) is 9.78 Å². The van der Waals surface area contributed by atoms with Crippen LogP contribution in [-0.2, 0) is 0 Å². The van der Waals surface area contributed by atoms with Crippen LogP contribution in [0.3, 0.4) is 0 Å². The van der Waals surface area contributed by atoms with E-state index in [0.29, 0.717) is 5.69 Å². The third kappa shape index (κ3) is 2.33. The number of benzene rings is 1. The number of nitrogens with zero attached hydrogens (tertiary/aromatic N) is 2. The van der Waals surface area contributed by atoms with Crippen molar-refractivity contribution in [3.05, 3.63) is 42.6 Å². The summed E-state index contributed by atoms with van der Waals surface area (Å²) in [6.45, 7) is 0. The van der Waals surface area contributed by atoms with Gasteiger partial charge < -0.3 is 10.5 Å². The van der Waals surface area contributed by atoms with Crippen LogP contribution in [0.5, 0.6) is 6.01 Å². The fourth-order valence-corrected chi connectivity index (χ4v) is 1.25. The Kier molecular flexibility index (Phi) is 2.77. The number of carbonyl (C=O) groups excluding carboxylic acids is 1. The van der Waals surface area contributed by atoms with Crippen LogP contribution in [-0.4, -0.2) is 16.1 Å². The molecule has 1 aromatic carbocycles. The van der Waals surface area contributed by atoms with Crippen molar-refractivity contribution in [1.29, 1.82) is 0 Å². The minimum absolute atomic E-state index is 0.0474. The van der Waals surface area contributed by atoms with Gasteiger partial charge in [0, 0.05) is 11.8 Å². The van der Waals surface area contributed by atoms with E-state index in [1.54, 1.807) is 6.07 Å². The van der Waals surface area contributed by atoms with Crippen molar-refractivity contribution in [3.63, 3.8) is 0 Å². The molecule has 0 saturated carbocycles. The fraction of sp³-hybridized carbons (Fsp3) is 0. The van der Waals surface area contributed by atoms with Gasteiger partial charge in [-0.1, -0.05) is 30.3 Å². The van der Waals surface area contributed by atoms with E-state index in [4.69, 9.17) is 5.73 Å². The van der Waals surface area contributed by atoms with Crippen molar-refractivity contribution in [2.75, 3.05) is 0 Å². The lowest BCUT2D eigenvalue weighted by Gasteiger charge is -2.02. The van der Waals surface area contributed by atoms with Gasteiger partial charge >= 0.3 is 12.1 Å². The first-order valence-electron chi connectivity index (χ1n) is 4.61. The highest BCUT2D eigenvalue weighted by molar-refractivity contribution is 5.67. The van der Waals surface area contributed by atoms with Gasteiger partial charge in [0.25, 0.3) is 0 Å². The predicted octanol–water partition coefficient (Wildman–Crippen LogP) is 1.60. The van der Waals surface area contributed by atoms with Gasteiger partial charge in [-0.15, -0.1) is 0 Å². The maximum absolute atomic E-state index is 10.5. The molecule has 0 fully saturated rings. The van der Waals surface area contributed by atoms with Crippen molar-refractivity contribution in [1.82, 2.24) is 9.97 Å². The zero-order chi connectivity index (χ0) is 11.4. The molecule has 0 spiro atoms. The van der Waals surface area contributed by atoms with E-state index < -0.39 is 6.09 Å². The van der Waals surface area contributed by atoms with Gasteiger partial charge in [0.1, 0.15) is 0 Å². The van der Waals surface area contributed by atoms with Crippen LogP contribution in [0.4, 0.5) is 4.79 Å². The highest BCUT2D eigenvalue weighted by atomic mass is 16.6. The van der Waals surface area contributed by atoms with E-state index >= 15 is 0 Å². The molecule has 0 radical (unpaired) electrons. The largest absolute Gasteiger partial charge is 0.412 e. The molecule has 0 saturated heterocycles. The van der Waals surface area contributed by atoms with Crippen molar-refractivity contribution < 1.29 is 9.53 Å². The number of primary amides is 1. The Balaban J connectivity index is 2.33. The number of rotatable bonds is 2. The Morgan fingerprint density at radius 1 is 1.19 bits per heavy atom. The van der Waals surface area contributed by atoms with E-state index in [1.807, 2.05) is 30.3 Å². The van der Waals surface area contributed by atoms with Gasteiger partial charge in [0.2, 0.25) is 0 Å². The summed E-state index contributed by atoms with van der Waals surface area (Å²) in [5, 5.41) is 0. The summed E-state index contributed by atoms with van der Waals surface area (Å²) in [4.78, 5) is 18.4. The highest BCUT2D eigenvalue weighted by Crippen LogP contribution is 2.17. The van der Waals surface area contributed by atoms with E-state index in [-0.39, 0.29) is 6.01 Å². The lowest BCUT2D eigenvalue weighted by Crippen LogP contribution is -2.17. The van der Waals surface area contributed by atoms with E-state index in [9.17, 15) is 4.79 Å². The molecule has 5 heteroatoms. The number of hydrogen-bond acceptors (Lipinski definition) is 4. The van der Waals surface area contributed by atoms with Crippen LogP contribution in [0, 0.1) is 0 Å².